The molecule has 3 rings (SSSR count). The molecule has 0 aliphatic heterocycles. The monoisotopic (exact) mass is 418 g/mol. The largest absolute Gasteiger partial charge is 0.464 e. The number of aromatic nitrogens is 2. The van der Waals surface area contributed by atoms with E-state index >= 15 is 0 Å². The Morgan fingerprint density at radius 2 is 2.04 bits per heavy atom. The highest BCUT2D eigenvalue weighted by molar-refractivity contribution is 7.18. The number of nitrogens with zero attached hydrogens (tertiary/aromatic N) is 2. The number of halogens is 1. The predicted octanol–water partition coefficient (Wildman–Crippen LogP) is 4.56. The van der Waals surface area contributed by atoms with E-state index < -0.39 is 11.5 Å². The number of hydrogen-bond donors (Lipinski definition) is 0. The Bertz CT molecular complexity index is 1080. The standard InChI is InChI=1S/C21H23ClN2O3S/c1-5-15-12-16-18(28-15)23-17(11-13-8-7-9-14(22)10-13)24(19(16)25)21(3,4)20(26)27-6-2/h7-10,12H,5-6,11H2,1-4H3. The second-order valence-electron chi connectivity index (χ2n) is 7.04. The fraction of sp³-hybridized carbons (Fsp3) is 0.381. The van der Waals surface area contributed by atoms with E-state index in [0.29, 0.717) is 27.5 Å². The molecule has 0 spiro atoms. The van der Waals surface area contributed by atoms with E-state index in [2.05, 4.69) is 0 Å². The van der Waals surface area contributed by atoms with Crippen molar-refractivity contribution in [2.45, 2.75) is 46.1 Å². The van der Waals surface area contributed by atoms with Crippen LogP contribution in [0, 0.1) is 0 Å². The second-order valence-corrected chi connectivity index (χ2v) is 8.59. The van der Waals surface area contributed by atoms with Crippen LogP contribution in [-0.2, 0) is 27.9 Å². The summed E-state index contributed by atoms with van der Waals surface area (Å²) in [4.78, 5) is 32.6. The average Bonchev–Trinajstić information content (AvgIpc) is 3.05. The van der Waals surface area contributed by atoms with Crippen molar-refractivity contribution in [3.8, 4) is 0 Å². The third-order valence-corrected chi connectivity index (χ3v) is 6.03. The zero-order chi connectivity index (χ0) is 20.5. The smallest absolute Gasteiger partial charge is 0.331 e. The minimum absolute atomic E-state index is 0.226. The molecule has 7 heteroatoms. The lowest BCUT2D eigenvalue weighted by atomic mass is 10.0. The van der Waals surface area contributed by atoms with Gasteiger partial charge in [-0.05, 0) is 51.0 Å². The van der Waals surface area contributed by atoms with Crippen LogP contribution in [-0.4, -0.2) is 22.1 Å². The summed E-state index contributed by atoms with van der Waals surface area (Å²) in [6, 6.07) is 9.29. The third kappa shape index (κ3) is 3.84. The normalized spacial score (nSPS) is 11.8. The molecule has 0 fully saturated rings. The first kappa shape index (κ1) is 20.6. The number of thiophene rings is 1. The molecule has 2 heterocycles. The number of carbonyl (C=O) groups is 1. The minimum atomic E-state index is -1.18. The highest BCUT2D eigenvalue weighted by atomic mass is 35.5. The van der Waals surface area contributed by atoms with Crippen LogP contribution in [0.5, 0.6) is 0 Å². The van der Waals surface area contributed by atoms with E-state index in [1.807, 2.05) is 31.2 Å². The summed E-state index contributed by atoms with van der Waals surface area (Å²) < 4.78 is 6.71. The summed E-state index contributed by atoms with van der Waals surface area (Å²) in [5.41, 5.74) is -0.494. The van der Waals surface area contributed by atoms with Crippen molar-refractivity contribution in [1.82, 2.24) is 9.55 Å². The topological polar surface area (TPSA) is 61.2 Å². The Balaban J connectivity index is 2.24. The summed E-state index contributed by atoms with van der Waals surface area (Å²) in [6.45, 7) is 7.41. The molecule has 0 amide bonds. The molecule has 0 atom stereocenters. The van der Waals surface area contributed by atoms with Crippen molar-refractivity contribution in [2.75, 3.05) is 6.61 Å². The maximum atomic E-state index is 13.4. The Kier molecular flexibility index (Phi) is 5.91. The van der Waals surface area contributed by atoms with Gasteiger partial charge in [-0.25, -0.2) is 9.78 Å². The summed E-state index contributed by atoms with van der Waals surface area (Å²) >= 11 is 7.63. The third-order valence-electron chi connectivity index (χ3n) is 4.62. The molecule has 0 unspecified atom stereocenters. The van der Waals surface area contributed by atoms with Gasteiger partial charge in [-0.2, -0.15) is 0 Å². The predicted molar refractivity (Wildman–Crippen MR) is 113 cm³/mol. The maximum Gasteiger partial charge on any atom is 0.331 e. The van der Waals surface area contributed by atoms with Crippen LogP contribution in [0.4, 0.5) is 0 Å². The van der Waals surface area contributed by atoms with Gasteiger partial charge in [0.15, 0.2) is 0 Å². The van der Waals surface area contributed by atoms with Crippen LogP contribution in [0.25, 0.3) is 10.2 Å². The first-order valence-electron chi connectivity index (χ1n) is 9.24. The molecule has 0 N–H and O–H groups in total. The summed E-state index contributed by atoms with van der Waals surface area (Å²) in [7, 11) is 0. The molecule has 0 saturated heterocycles. The van der Waals surface area contributed by atoms with Gasteiger partial charge in [-0.1, -0.05) is 30.7 Å². The summed E-state index contributed by atoms with van der Waals surface area (Å²) in [5.74, 6) is 0.0545. The molecule has 1 aromatic carbocycles. The van der Waals surface area contributed by atoms with Crippen LogP contribution in [0.1, 0.15) is 44.0 Å². The first-order chi connectivity index (χ1) is 13.3. The number of hydrogen-bond acceptors (Lipinski definition) is 5. The van der Waals surface area contributed by atoms with Crippen LogP contribution < -0.4 is 5.56 Å². The second kappa shape index (κ2) is 8.05. The fourth-order valence-electron chi connectivity index (χ4n) is 3.17. The summed E-state index contributed by atoms with van der Waals surface area (Å²) in [5, 5.41) is 1.15. The number of rotatable bonds is 6. The fourth-order valence-corrected chi connectivity index (χ4v) is 4.36. The minimum Gasteiger partial charge on any atom is -0.464 e. The Morgan fingerprint density at radius 3 is 2.68 bits per heavy atom. The quantitative estimate of drug-likeness (QED) is 0.550. The van der Waals surface area contributed by atoms with Gasteiger partial charge >= 0.3 is 5.97 Å². The lowest BCUT2D eigenvalue weighted by Gasteiger charge is -2.27. The molecule has 148 valence electrons. The number of ether oxygens (including phenoxy) is 1. The molecular formula is C21H23ClN2O3S. The SMILES string of the molecule is CCOC(=O)C(C)(C)n1c(Cc2cccc(Cl)c2)nc2sc(CC)cc2c1=O. The molecule has 0 bridgehead atoms. The molecule has 0 saturated carbocycles. The lowest BCUT2D eigenvalue weighted by Crippen LogP contribution is -2.45. The van der Waals surface area contributed by atoms with Crippen LogP contribution in [0.2, 0.25) is 5.02 Å². The molecule has 5 nitrogen and oxygen atoms in total. The maximum absolute atomic E-state index is 13.4. The Labute approximate surface area is 172 Å². The molecule has 0 aliphatic carbocycles. The van der Waals surface area contributed by atoms with E-state index in [4.69, 9.17) is 21.3 Å². The number of carbonyl (C=O) groups excluding carboxylic acids is 1. The average molecular weight is 419 g/mol. The van der Waals surface area contributed by atoms with Gasteiger partial charge in [0, 0.05) is 16.3 Å². The van der Waals surface area contributed by atoms with Crippen molar-refractivity contribution in [1.29, 1.82) is 0 Å². The first-order valence-corrected chi connectivity index (χ1v) is 10.4. The highest BCUT2D eigenvalue weighted by Gasteiger charge is 2.35. The van der Waals surface area contributed by atoms with Crippen molar-refractivity contribution < 1.29 is 9.53 Å². The highest BCUT2D eigenvalue weighted by Crippen LogP contribution is 2.26. The van der Waals surface area contributed by atoms with Crippen LogP contribution >= 0.6 is 22.9 Å². The van der Waals surface area contributed by atoms with E-state index in [0.717, 1.165) is 16.9 Å². The van der Waals surface area contributed by atoms with E-state index in [-0.39, 0.29) is 12.2 Å². The van der Waals surface area contributed by atoms with E-state index in [1.54, 1.807) is 26.8 Å². The lowest BCUT2D eigenvalue weighted by molar-refractivity contribution is -0.152. The van der Waals surface area contributed by atoms with Gasteiger partial charge in [0.05, 0.1) is 12.0 Å². The molecule has 0 aliphatic rings. The van der Waals surface area contributed by atoms with Gasteiger partial charge in [0.2, 0.25) is 0 Å². The molecular weight excluding hydrogens is 396 g/mol. The number of fused-ring (bicyclic) bond motifs is 1. The molecule has 3 aromatic rings. The van der Waals surface area contributed by atoms with E-state index in [9.17, 15) is 9.59 Å². The van der Waals surface area contributed by atoms with Crippen molar-refractivity contribution >= 4 is 39.1 Å². The number of esters is 1. The number of benzene rings is 1. The molecule has 28 heavy (non-hydrogen) atoms. The van der Waals surface area contributed by atoms with Gasteiger partial charge in [0.25, 0.3) is 5.56 Å². The molecule has 0 radical (unpaired) electrons. The zero-order valence-corrected chi connectivity index (χ0v) is 18.0. The summed E-state index contributed by atoms with van der Waals surface area (Å²) in [6.07, 6.45) is 1.21. The Morgan fingerprint density at radius 1 is 1.29 bits per heavy atom. The van der Waals surface area contributed by atoms with E-state index in [1.165, 1.54) is 15.9 Å². The van der Waals surface area contributed by atoms with Gasteiger partial charge in [-0.15, -0.1) is 11.3 Å². The number of aryl methyl sites for hydroxylation is 1. The van der Waals surface area contributed by atoms with Crippen LogP contribution in [0.3, 0.4) is 0 Å². The van der Waals surface area contributed by atoms with Gasteiger partial charge < -0.3 is 4.74 Å². The molecule has 2 aromatic heterocycles. The van der Waals surface area contributed by atoms with Gasteiger partial charge in [-0.3, -0.25) is 9.36 Å². The van der Waals surface area contributed by atoms with Crippen LogP contribution in [0.15, 0.2) is 35.1 Å². The Hall–Kier alpha value is -2.18. The van der Waals surface area contributed by atoms with Crippen molar-refractivity contribution in [3.63, 3.8) is 0 Å². The van der Waals surface area contributed by atoms with Crippen molar-refractivity contribution in [3.05, 3.63) is 62.0 Å². The van der Waals surface area contributed by atoms with Crippen molar-refractivity contribution in [2.24, 2.45) is 0 Å². The zero-order valence-electron chi connectivity index (χ0n) is 16.4. The van der Waals surface area contributed by atoms with Gasteiger partial charge in [0.1, 0.15) is 16.2 Å².